The molecule has 3 rings (SSSR count). The fourth-order valence-corrected chi connectivity index (χ4v) is 4.80. The number of benzene rings is 2. The van der Waals surface area contributed by atoms with Crippen molar-refractivity contribution in [2.45, 2.75) is 24.7 Å². The Balaban J connectivity index is 1.59. The number of amides is 1. The highest BCUT2D eigenvalue weighted by atomic mass is 32.2. The molecule has 1 aliphatic rings. The number of piperidine rings is 1. The average Bonchev–Trinajstić information content (AvgIpc) is 2.74. The minimum Gasteiger partial charge on any atom is -0.497 e. The Morgan fingerprint density at radius 1 is 1.10 bits per heavy atom. The molecule has 0 atom stereocenters. The minimum atomic E-state index is -3.58. The number of ether oxygens (including phenoxy) is 2. The Labute approximate surface area is 171 Å². The van der Waals surface area contributed by atoms with E-state index in [9.17, 15) is 13.2 Å². The van der Waals surface area contributed by atoms with Crippen LogP contribution < -0.4 is 14.8 Å². The predicted octanol–water partition coefficient (Wildman–Crippen LogP) is 3.13. The third kappa shape index (κ3) is 5.07. The lowest BCUT2D eigenvalue weighted by Gasteiger charge is -2.30. The Morgan fingerprint density at radius 3 is 2.41 bits per heavy atom. The van der Waals surface area contributed by atoms with Crippen LogP contribution in [0.1, 0.15) is 19.8 Å². The van der Waals surface area contributed by atoms with Gasteiger partial charge in [0.2, 0.25) is 15.9 Å². The van der Waals surface area contributed by atoms with Crippen molar-refractivity contribution in [2.24, 2.45) is 5.92 Å². The van der Waals surface area contributed by atoms with E-state index in [4.69, 9.17) is 9.47 Å². The molecular weight excluding hydrogens is 392 g/mol. The minimum absolute atomic E-state index is 0.0971. The fourth-order valence-electron chi connectivity index (χ4n) is 3.33. The molecule has 1 heterocycles. The summed E-state index contributed by atoms with van der Waals surface area (Å²) in [4.78, 5) is 12.8. The van der Waals surface area contributed by atoms with E-state index in [1.54, 1.807) is 30.3 Å². The monoisotopic (exact) mass is 418 g/mol. The molecule has 0 spiro atoms. The molecule has 1 aliphatic heterocycles. The van der Waals surface area contributed by atoms with Gasteiger partial charge in [0.05, 0.1) is 18.6 Å². The molecule has 1 N–H and O–H groups in total. The third-order valence-corrected chi connectivity index (χ3v) is 6.85. The first-order valence-electron chi connectivity index (χ1n) is 9.62. The van der Waals surface area contributed by atoms with Crippen molar-refractivity contribution < 1.29 is 22.7 Å². The van der Waals surface area contributed by atoms with E-state index in [0.29, 0.717) is 49.7 Å². The first-order valence-corrected chi connectivity index (χ1v) is 11.1. The number of hydrogen-bond acceptors (Lipinski definition) is 5. The average molecular weight is 419 g/mol. The quantitative estimate of drug-likeness (QED) is 0.747. The van der Waals surface area contributed by atoms with Gasteiger partial charge in [-0.15, -0.1) is 0 Å². The summed E-state index contributed by atoms with van der Waals surface area (Å²) in [6, 6.07) is 13.6. The van der Waals surface area contributed by atoms with Crippen LogP contribution >= 0.6 is 0 Å². The van der Waals surface area contributed by atoms with Gasteiger partial charge in [-0.05, 0) is 56.2 Å². The molecule has 0 saturated carbocycles. The van der Waals surface area contributed by atoms with Crippen LogP contribution in [0.3, 0.4) is 0 Å². The Morgan fingerprint density at radius 2 is 1.79 bits per heavy atom. The largest absolute Gasteiger partial charge is 0.497 e. The highest BCUT2D eigenvalue weighted by molar-refractivity contribution is 7.89. The van der Waals surface area contributed by atoms with Crippen LogP contribution in [-0.2, 0) is 14.8 Å². The topological polar surface area (TPSA) is 84.9 Å². The number of nitrogens with one attached hydrogen (secondary N) is 1. The van der Waals surface area contributed by atoms with E-state index < -0.39 is 10.0 Å². The number of methoxy groups -OCH3 is 1. The van der Waals surface area contributed by atoms with E-state index >= 15 is 0 Å². The van der Waals surface area contributed by atoms with Gasteiger partial charge in [-0.2, -0.15) is 4.31 Å². The lowest BCUT2D eigenvalue weighted by molar-refractivity contribution is -0.120. The molecule has 2 aromatic rings. The summed E-state index contributed by atoms with van der Waals surface area (Å²) in [6.07, 6.45) is 0.957. The van der Waals surface area contributed by atoms with Crippen molar-refractivity contribution in [3.05, 3.63) is 48.5 Å². The second-order valence-electron chi connectivity index (χ2n) is 6.80. The number of rotatable bonds is 7. The molecule has 0 unspecified atom stereocenters. The lowest BCUT2D eigenvalue weighted by Crippen LogP contribution is -2.41. The Bertz CT molecular complexity index is 936. The van der Waals surface area contributed by atoms with Crippen molar-refractivity contribution in [3.8, 4) is 11.5 Å². The van der Waals surface area contributed by atoms with E-state index in [-0.39, 0.29) is 16.7 Å². The molecule has 156 valence electrons. The maximum atomic E-state index is 12.8. The van der Waals surface area contributed by atoms with Gasteiger partial charge in [0, 0.05) is 30.8 Å². The molecule has 8 heteroatoms. The van der Waals surface area contributed by atoms with Crippen LogP contribution in [-0.4, -0.2) is 45.4 Å². The summed E-state index contributed by atoms with van der Waals surface area (Å²) < 4.78 is 37.6. The number of nitrogens with zero attached hydrogens (tertiary/aromatic N) is 1. The molecule has 1 amide bonds. The zero-order valence-electron chi connectivity index (χ0n) is 16.6. The van der Waals surface area contributed by atoms with Crippen LogP contribution in [0.15, 0.2) is 53.4 Å². The molecule has 0 bridgehead atoms. The molecule has 29 heavy (non-hydrogen) atoms. The normalized spacial score (nSPS) is 15.7. The van der Waals surface area contributed by atoms with Crippen molar-refractivity contribution in [1.82, 2.24) is 4.31 Å². The van der Waals surface area contributed by atoms with Gasteiger partial charge in [0.25, 0.3) is 0 Å². The number of carbonyl (C=O) groups is 1. The molecule has 2 aromatic carbocycles. The SMILES string of the molecule is CCOc1cccc(NC(=O)C2CCN(S(=O)(=O)c3ccc(OC)cc3)CC2)c1. The van der Waals surface area contributed by atoms with E-state index in [2.05, 4.69) is 5.32 Å². The van der Waals surface area contributed by atoms with Gasteiger partial charge >= 0.3 is 0 Å². The van der Waals surface area contributed by atoms with Crippen LogP contribution in [0.25, 0.3) is 0 Å². The molecule has 1 fully saturated rings. The third-order valence-electron chi connectivity index (χ3n) is 4.93. The number of anilines is 1. The van der Waals surface area contributed by atoms with E-state index in [1.165, 1.54) is 11.4 Å². The highest BCUT2D eigenvalue weighted by Gasteiger charge is 2.32. The zero-order valence-corrected chi connectivity index (χ0v) is 17.4. The maximum Gasteiger partial charge on any atom is 0.243 e. The van der Waals surface area contributed by atoms with Crippen LogP contribution in [0.2, 0.25) is 0 Å². The molecule has 0 radical (unpaired) electrons. The fraction of sp³-hybridized carbons (Fsp3) is 0.381. The summed E-state index contributed by atoms with van der Waals surface area (Å²) in [7, 11) is -2.04. The molecule has 0 aliphatic carbocycles. The van der Waals surface area contributed by atoms with E-state index in [1.807, 2.05) is 25.1 Å². The predicted molar refractivity (Wildman–Crippen MR) is 111 cm³/mol. The highest BCUT2D eigenvalue weighted by Crippen LogP contribution is 2.26. The molecule has 7 nitrogen and oxygen atoms in total. The second kappa shape index (κ2) is 9.28. The van der Waals surface area contributed by atoms with Crippen molar-refractivity contribution >= 4 is 21.6 Å². The molecule has 0 aromatic heterocycles. The summed E-state index contributed by atoms with van der Waals surface area (Å²) in [6.45, 7) is 3.08. The van der Waals surface area contributed by atoms with Crippen molar-refractivity contribution in [2.75, 3.05) is 32.1 Å². The summed E-state index contributed by atoms with van der Waals surface area (Å²) in [5.74, 6) is 0.978. The van der Waals surface area contributed by atoms with Gasteiger partial charge in [0.1, 0.15) is 11.5 Å². The number of carbonyl (C=O) groups excluding carboxylic acids is 1. The molecule has 1 saturated heterocycles. The second-order valence-corrected chi connectivity index (χ2v) is 8.74. The van der Waals surface area contributed by atoms with Gasteiger partial charge in [-0.1, -0.05) is 6.07 Å². The Hall–Kier alpha value is -2.58. The standard InChI is InChI=1S/C21H26N2O5S/c1-3-28-19-6-4-5-17(15-19)22-21(24)16-11-13-23(14-12-16)29(25,26)20-9-7-18(27-2)8-10-20/h4-10,15-16H,3,11-14H2,1-2H3,(H,22,24). The van der Waals surface area contributed by atoms with Crippen LogP contribution in [0.4, 0.5) is 5.69 Å². The maximum absolute atomic E-state index is 12.8. The first kappa shape index (κ1) is 21.1. The van der Waals surface area contributed by atoms with E-state index in [0.717, 1.165) is 0 Å². The van der Waals surface area contributed by atoms with Gasteiger partial charge in [-0.25, -0.2) is 8.42 Å². The zero-order chi connectivity index (χ0) is 20.9. The van der Waals surface area contributed by atoms with Gasteiger partial charge in [0.15, 0.2) is 0 Å². The Kier molecular flexibility index (Phi) is 6.76. The van der Waals surface area contributed by atoms with Gasteiger partial charge < -0.3 is 14.8 Å². The van der Waals surface area contributed by atoms with Crippen molar-refractivity contribution in [1.29, 1.82) is 0 Å². The number of hydrogen-bond donors (Lipinski definition) is 1. The smallest absolute Gasteiger partial charge is 0.243 e. The number of sulfonamides is 1. The lowest BCUT2D eigenvalue weighted by atomic mass is 9.97. The van der Waals surface area contributed by atoms with Gasteiger partial charge in [-0.3, -0.25) is 4.79 Å². The summed E-state index contributed by atoms with van der Waals surface area (Å²) >= 11 is 0. The molecular formula is C21H26N2O5S. The summed E-state index contributed by atoms with van der Waals surface area (Å²) in [5, 5.41) is 2.91. The van der Waals surface area contributed by atoms with Crippen LogP contribution in [0.5, 0.6) is 11.5 Å². The summed E-state index contributed by atoms with van der Waals surface area (Å²) in [5.41, 5.74) is 0.675. The van der Waals surface area contributed by atoms with Crippen molar-refractivity contribution in [3.63, 3.8) is 0 Å². The van der Waals surface area contributed by atoms with Crippen LogP contribution in [0, 0.1) is 5.92 Å². The first-order chi connectivity index (χ1) is 13.9.